The maximum atomic E-state index is 13.1. The number of anilines is 2. The molecule has 0 N–H and O–H groups in total. The second-order valence-electron chi connectivity index (χ2n) is 6.75. The number of carbonyl (C=O) groups excluding carboxylic acids is 3. The molecule has 3 amide bonds. The Morgan fingerprint density at radius 3 is 2.33 bits per heavy atom. The fraction of sp³-hybridized carbons (Fsp3) is 0.300. The maximum Gasteiger partial charge on any atom is 0.253 e. The molecule has 7 heteroatoms. The van der Waals surface area contributed by atoms with Crippen LogP contribution in [0, 0.1) is 18.8 Å². The van der Waals surface area contributed by atoms with Crippen LogP contribution in [0.25, 0.3) is 0 Å². The summed E-state index contributed by atoms with van der Waals surface area (Å²) in [6.07, 6.45) is 5.00. The Morgan fingerprint density at radius 2 is 1.78 bits per heavy atom. The van der Waals surface area contributed by atoms with Gasteiger partial charge in [0.15, 0.2) is 5.13 Å². The van der Waals surface area contributed by atoms with E-state index in [4.69, 9.17) is 0 Å². The molecule has 1 aliphatic heterocycles. The van der Waals surface area contributed by atoms with E-state index in [9.17, 15) is 14.4 Å². The van der Waals surface area contributed by atoms with Crippen LogP contribution < -0.4 is 4.90 Å². The molecule has 6 nitrogen and oxygen atoms in total. The molecule has 0 radical (unpaired) electrons. The lowest BCUT2D eigenvalue weighted by Gasteiger charge is -2.23. The Bertz CT molecular complexity index is 896. The minimum Gasteiger partial charge on any atom is -0.274 e. The molecule has 0 unspecified atom stereocenters. The van der Waals surface area contributed by atoms with Crippen molar-refractivity contribution < 1.29 is 14.4 Å². The number of rotatable bonds is 4. The van der Waals surface area contributed by atoms with Crippen LogP contribution in [0.1, 0.15) is 18.5 Å². The van der Waals surface area contributed by atoms with Crippen molar-refractivity contribution in [3.63, 3.8) is 0 Å². The third-order valence-electron chi connectivity index (χ3n) is 4.95. The van der Waals surface area contributed by atoms with Gasteiger partial charge in [0, 0.05) is 5.38 Å². The molecule has 1 aliphatic carbocycles. The number of allylic oxidation sites excluding steroid dienone is 2. The number of hydrogen-bond acceptors (Lipinski definition) is 5. The van der Waals surface area contributed by atoms with E-state index in [-0.39, 0.29) is 36.1 Å². The van der Waals surface area contributed by atoms with E-state index in [1.807, 2.05) is 54.8 Å². The average Bonchev–Trinajstić information content (AvgIpc) is 3.20. The number of carbonyl (C=O) groups is 3. The van der Waals surface area contributed by atoms with Crippen LogP contribution in [0.2, 0.25) is 0 Å². The predicted molar refractivity (Wildman–Crippen MR) is 103 cm³/mol. The van der Waals surface area contributed by atoms with E-state index in [0.29, 0.717) is 23.7 Å². The van der Waals surface area contributed by atoms with Crippen LogP contribution in [0.4, 0.5) is 10.8 Å². The van der Waals surface area contributed by atoms with Gasteiger partial charge >= 0.3 is 0 Å². The summed E-state index contributed by atoms with van der Waals surface area (Å²) in [5.41, 5.74) is 1.48. The summed E-state index contributed by atoms with van der Waals surface area (Å²) in [5, 5.41) is 2.40. The third kappa shape index (κ3) is 3.19. The first-order valence-electron chi connectivity index (χ1n) is 8.86. The molecular formula is C20H19N3O3S. The molecule has 27 heavy (non-hydrogen) atoms. The Hall–Kier alpha value is -2.80. The maximum absolute atomic E-state index is 13.1. The molecule has 1 fully saturated rings. The second kappa shape index (κ2) is 7.08. The summed E-state index contributed by atoms with van der Waals surface area (Å²) in [4.78, 5) is 45.5. The van der Waals surface area contributed by atoms with E-state index in [1.54, 1.807) is 0 Å². The standard InChI is InChI=1S/C20H19N3O3S/c1-13-12-27-20(21-13)23(14-7-3-2-4-8-14)17(24)11-22-18(25)15-9-5-6-10-16(15)19(22)26/h2-8,12,15-16H,9-11H2,1H3/t15-,16+. The number of fused-ring (bicyclic) bond motifs is 1. The van der Waals surface area contributed by atoms with E-state index >= 15 is 0 Å². The largest absolute Gasteiger partial charge is 0.274 e. The summed E-state index contributed by atoms with van der Waals surface area (Å²) >= 11 is 1.36. The third-order valence-corrected chi connectivity index (χ3v) is 5.90. The fourth-order valence-electron chi connectivity index (χ4n) is 3.61. The first-order valence-corrected chi connectivity index (χ1v) is 9.74. The number of aromatic nitrogens is 1. The highest BCUT2D eigenvalue weighted by Gasteiger charge is 2.48. The molecule has 2 aliphatic rings. The fourth-order valence-corrected chi connectivity index (χ4v) is 4.45. The lowest BCUT2D eigenvalue weighted by atomic mass is 9.85. The second-order valence-corrected chi connectivity index (χ2v) is 7.59. The highest BCUT2D eigenvalue weighted by Crippen LogP contribution is 2.35. The smallest absolute Gasteiger partial charge is 0.253 e. The number of para-hydroxylation sites is 1. The first kappa shape index (κ1) is 17.6. The molecular weight excluding hydrogens is 362 g/mol. The zero-order valence-electron chi connectivity index (χ0n) is 14.9. The topological polar surface area (TPSA) is 70.6 Å². The highest BCUT2D eigenvalue weighted by molar-refractivity contribution is 7.14. The summed E-state index contributed by atoms with van der Waals surface area (Å²) < 4.78 is 0. The van der Waals surface area contributed by atoms with Crippen molar-refractivity contribution in [1.29, 1.82) is 0 Å². The average molecular weight is 381 g/mol. The number of benzene rings is 1. The monoisotopic (exact) mass is 381 g/mol. The summed E-state index contributed by atoms with van der Waals surface area (Å²) in [7, 11) is 0. The number of hydrogen-bond donors (Lipinski definition) is 0. The Labute approximate surface area is 161 Å². The number of nitrogens with zero attached hydrogens (tertiary/aromatic N) is 3. The molecule has 1 aromatic carbocycles. The van der Waals surface area contributed by atoms with Crippen LogP contribution in [0.3, 0.4) is 0 Å². The Morgan fingerprint density at radius 1 is 1.15 bits per heavy atom. The van der Waals surface area contributed by atoms with Crippen LogP contribution in [0.15, 0.2) is 47.9 Å². The van der Waals surface area contributed by atoms with Gasteiger partial charge in [-0.1, -0.05) is 30.4 Å². The summed E-state index contributed by atoms with van der Waals surface area (Å²) in [6.45, 7) is 1.59. The zero-order valence-corrected chi connectivity index (χ0v) is 15.7. The molecule has 0 saturated carbocycles. The highest BCUT2D eigenvalue weighted by atomic mass is 32.1. The van der Waals surface area contributed by atoms with E-state index in [0.717, 1.165) is 10.6 Å². The number of aryl methyl sites for hydroxylation is 1. The van der Waals surface area contributed by atoms with Gasteiger partial charge < -0.3 is 0 Å². The van der Waals surface area contributed by atoms with Crippen molar-refractivity contribution in [3.8, 4) is 0 Å². The van der Waals surface area contributed by atoms with Crippen LogP contribution in [-0.4, -0.2) is 34.2 Å². The molecule has 1 saturated heterocycles. The van der Waals surface area contributed by atoms with Crippen LogP contribution >= 0.6 is 11.3 Å². The van der Waals surface area contributed by atoms with Crippen molar-refractivity contribution in [1.82, 2.24) is 9.88 Å². The van der Waals surface area contributed by atoms with Crippen molar-refractivity contribution in [2.75, 3.05) is 11.4 Å². The zero-order chi connectivity index (χ0) is 19.0. The van der Waals surface area contributed by atoms with Gasteiger partial charge in [0.05, 0.1) is 23.2 Å². The summed E-state index contributed by atoms with van der Waals surface area (Å²) in [6, 6.07) is 9.16. The Balaban J connectivity index is 1.61. The van der Waals surface area contributed by atoms with Crippen LogP contribution in [-0.2, 0) is 14.4 Å². The van der Waals surface area contributed by atoms with Crippen LogP contribution in [0.5, 0.6) is 0 Å². The van der Waals surface area contributed by atoms with Crippen molar-refractivity contribution >= 4 is 39.9 Å². The number of thiazole rings is 1. The van der Waals surface area contributed by atoms with Crippen molar-refractivity contribution in [2.24, 2.45) is 11.8 Å². The molecule has 0 spiro atoms. The molecule has 2 aromatic rings. The van der Waals surface area contributed by atoms with Gasteiger partial charge in [-0.3, -0.25) is 24.2 Å². The minimum absolute atomic E-state index is 0.244. The molecule has 0 bridgehead atoms. The Kier molecular flexibility index (Phi) is 4.61. The summed E-state index contributed by atoms with van der Waals surface area (Å²) in [5.74, 6) is -1.49. The van der Waals surface area contributed by atoms with Gasteiger partial charge in [-0.25, -0.2) is 4.98 Å². The number of likely N-dealkylation sites (tertiary alicyclic amines) is 1. The SMILES string of the molecule is Cc1csc(N(C(=O)CN2C(=O)[C@H]3CC=CC[C@H]3C2=O)c2ccccc2)n1. The first-order chi connectivity index (χ1) is 13.1. The van der Waals surface area contributed by atoms with Gasteiger partial charge in [-0.05, 0) is 31.9 Å². The van der Waals surface area contributed by atoms with Crippen molar-refractivity contribution in [3.05, 3.63) is 53.6 Å². The number of amides is 3. The van der Waals surface area contributed by atoms with Gasteiger partial charge in [0.25, 0.3) is 5.91 Å². The van der Waals surface area contributed by atoms with E-state index in [2.05, 4.69) is 4.98 Å². The van der Waals surface area contributed by atoms with Crippen molar-refractivity contribution in [2.45, 2.75) is 19.8 Å². The lowest BCUT2D eigenvalue weighted by molar-refractivity contribution is -0.143. The van der Waals surface area contributed by atoms with Gasteiger partial charge in [-0.15, -0.1) is 11.3 Å². The van der Waals surface area contributed by atoms with Gasteiger partial charge in [0.1, 0.15) is 6.54 Å². The van der Waals surface area contributed by atoms with E-state index in [1.165, 1.54) is 16.2 Å². The molecule has 4 rings (SSSR count). The minimum atomic E-state index is -0.344. The normalized spacial score (nSPS) is 21.4. The quantitative estimate of drug-likeness (QED) is 0.603. The molecule has 2 heterocycles. The number of imide groups is 1. The molecule has 138 valence electrons. The predicted octanol–water partition coefficient (Wildman–Crippen LogP) is 3.07. The lowest BCUT2D eigenvalue weighted by Crippen LogP contribution is -2.41. The van der Waals surface area contributed by atoms with E-state index < -0.39 is 0 Å². The molecule has 2 atom stereocenters. The van der Waals surface area contributed by atoms with Gasteiger partial charge in [0.2, 0.25) is 11.8 Å². The molecule has 1 aromatic heterocycles. The van der Waals surface area contributed by atoms with Gasteiger partial charge in [-0.2, -0.15) is 0 Å².